The SMILES string of the molecule is O=C(O[C@@H]1CCC[C@H]1n1cccn1)c1ccc(-c2cnco2)cc1. The van der Waals surface area contributed by atoms with E-state index >= 15 is 0 Å². The molecule has 0 unspecified atom stereocenters. The van der Waals surface area contributed by atoms with Gasteiger partial charge in [-0.15, -0.1) is 0 Å². The summed E-state index contributed by atoms with van der Waals surface area (Å²) >= 11 is 0. The largest absolute Gasteiger partial charge is 0.457 e. The minimum atomic E-state index is -0.303. The zero-order valence-electron chi connectivity index (χ0n) is 13.0. The summed E-state index contributed by atoms with van der Waals surface area (Å²) in [4.78, 5) is 16.3. The van der Waals surface area contributed by atoms with E-state index < -0.39 is 0 Å². The number of oxazole rings is 1. The van der Waals surface area contributed by atoms with E-state index in [2.05, 4.69) is 10.1 Å². The van der Waals surface area contributed by atoms with Gasteiger partial charge in [0.2, 0.25) is 0 Å². The number of ether oxygens (including phenoxy) is 1. The first-order chi connectivity index (χ1) is 11.8. The molecule has 0 spiro atoms. The van der Waals surface area contributed by atoms with Crippen LogP contribution >= 0.6 is 0 Å². The van der Waals surface area contributed by atoms with Crippen molar-refractivity contribution in [2.45, 2.75) is 31.4 Å². The van der Waals surface area contributed by atoms with E-state index in [1.807, 2.05) is 29.1 Å². The van der Waals surface area contributed by atoms with Crippen LogP contribution in [0.2, 0.25) is 0 Å². The maximum absolute atomic E-state index is 12.4. The maximum atomic E-state index is 12.4. The molecule has 0 amide bonds. The van der Waals surface area contributed by atoms with Gasteiger partial charge in [0.05, 0.1) is 17.8 Å². The molecule has 122 valence electrons. The van der Waals surface area contributed by atoms with Crippen molar-refractivity contribution < 1.29 is 13.9 Å². The predicted octanol–water partition coefficient (Wildman–Crippen LogP) is 3.49. The molecule has 6 heteroatoms. The summed E-state index contributed by atoms with van der Waals surface area (Å²) in [5, 5.41) is 4.28. The first-order valence-corrected chi connectivity index (χ1v) is 8.00. The van der Waals surface area contributed by atoms with E-state index in [9.17, 15) is 4.79 Å². The number of hydrogen-bond donors (Lipinski definition) is 0. The second-order valence-electron chi connectivity index (χ2n) is 5.87. The third-order valence-corrected chi connectivity index (χ3v) is 4.38. The van der Waals surface area contributed by atoms with Crippen LogP contribution in [0, 0.1) is 0 Å². The van der Waals surface area contributed by atoms with Crippen LogP contribution in [0.5, 0.6) is 0 Å². The van der Waals surface area contributed by atoms with Crippen molar-refractivity contribution in [3.63, 3.8) is 0 Å². The maximum Gasteiger partial charge on any atom is 0.338 e. The molecule has 2 aromatic heterocycles. The Balaban J connectivity index is 1.46. The first kappa shape index (κ1) is 14.7. The Labute approximate surface area is 139 Å². The molecule has 0 aliphatic heterocycles. The lowest BCUT2D eigenvalue weighted by molar-refractivity contribution is 0.0210. The van der Waals surface area contributed by atoms with Crippen molar-refractivity contribution in [1.82, 2.24) is 14.8 Å². The summed E-state index contributed by atoms with van der Waals surface area (Å²) in [5.41, 5.74) is 1.41. The highest BCUT2D eigenvalue weighted by atomic mass is 16.5. The smallest absolute Gasteiger partial charge is 0.338 e. The first-order valence-electron chi connectivity index (χ1n) is 8.00. The van der Waals surface area contributed by atoms with Gasteiger partial charge >= 0.3 is 5.97 Å². The van der Waals surface area contributed by atoms with Crippen LogP contribution in [0.1, 0.15) is 35.7 Å². The lowest BCUT2D eigenvalue weighted by Gasteiger charge is -2.20. The molecule has 1 aliphatic carbocycles. The quantitative estimate of drug-likeness (QED) is 0.687. The van der Waals surface area contributed by atoms with Crippen molar-refractivity contribution in [2.75, 3.05) is 0 Å². The fourth-order valence-electron chi connectivity index (χ4n) is 3.16. The van der Waals surface area contributed by atoms with Gasteiger partial charge in [0.25, 0.3) is 0 Å². The van der Waals surface area contributed by atoms with Gasteiger partial charge in [-0.1, -0.05) is 12.1 Å². The van der Waals surface area contributed by atoms with E-state index in [-0.39, 0.29) is 18.1 Å². The summed E-state index contributed by atoms with van der Waals surface area (Å²) in [5.74, 6) is 0.368. The van der Waals surface area contributed by atoms with Crippen LogP contribution in [0.4, 0.5) is 0 Å². The number of rotatable bonds is 4. The molecule has 0 bridgehead atoms. The van der Waals surface area contributed by atoms with Crippen LogP contribution in [-0.4, -0.2) is 26.8 Å². The molecular formula is C18H17N3O3. The average molecular weight is 323 g/mol. The fraction of sp³-hybridized carbons (Fsp3) is 0.278. The molecule has 24 heavy (non-hydrogen) atoms. The zero-order valence-corrected chi connectivity index (χ0v) is 13.0. The Morgan fingerprint density at radius 3 is 2.83 bits per heavy atom. The van der Waals surface area contributed by atoms with E-state index in [1.54, 1.807) is 24.5 Å². The highest BCUT2D eigenvalue weighted by molar-refractivity contribution is 5.90. The molecular weight excluding hydrogens is 306 g/mol. The highest BCUT2D eigenvalue weighted by Gasteiger charge is 2.32. The van der Waals surface area contributed by atoms with Crippen molar-refractivity contribution in [1.29, 1.82) is 0 Å². The van der Waals surface area contributed by atoms with Crippen molar-refractivity contribution >= 4 is 5.97 Å². The number of esters is 1. The normalized spacial score (nSPS) is 20.2. The summed E-state index contributed by atoms with van der Waals surface area (Å²) in [6.07, 6.45) is 9.44. The second-order valence-corrected chi connectivity index (χ2v) is 5.87. The van der Waals surface area contributed by atoms with Crippen molar-refractivity contribution in [3.05, 3.63) is 60.9 Å². The van der Waals surface area contributed by atoms with Gasteiger partial charge in [0.15, 0.2) is 12.2 Å². The molecule has 2 atom stereocenters. The standard InChI is InChI=1S/C18H17N3O3/c22-18(14-7-5-13(6-8-14)17-11-19-12-23-17)24-16-4-1-3-15(16)21-10-2-9-20-21/h2,5-12,15-16H,1,3-4H2/t15-,16-/m1/s1. The van der Waals surface area contributed by atoms with Gasteiger partial charge in [0, 0.05) is 18.0 Å². The molecule has 1 aromatic carbocycles. The molecule has 0 N–H and O–H groups in total. The minimum absolute atomic E-state index is 0.123. The fourth-order valence-corrected chi connectivity index (χ4v) is 3.16. The molecule has 0 radical (unpaired) electrons. The van der Waals surface area contributed by atoms with Gasteiger partial charge in [-0.3, -0.25) is 4.68 Å². The summed E-state index contributed by atoms with van der Waals surface area (Å²) < 4.78 is 12.9. The third kappa shape index (κ3) is 2.82. The summed E-state index contributed by atoms with van der Waals surface area (Å²) in [6, 6.07) is 9.17. The highest BCUT2D eigenvalue weighted by Crippen LogP contribution is 2.32. The Morgan fingerprint density at radius 2 is 2.12 bits per heavy atom. The Kier molecular flexibility index (Phi) is 3.86. The van der Waals surface area contributed by atoms with Crippen molar-refractivity contribution in [3.8, 4) is 11.3 Å². The molecule has 1 saturated carbocycles. The van der Waals surface area contributed by atoms with E-state index in [4.69, 9.17) is 9.15 Å². The van der Waals surface area contributed by atoms with E-state index in [0.29, 0.717) is 11.3 Å². The molecule has 3 aromatic rings. The Bertz CT molecular complexity index is 795. The number of aromatic nitrogens is 3. The summed E-state index contributed by atoms with van der Waals surface area (Å²) in [6.45, 7) is 0. The lowest BCUT2D eigenvalue weighted by atomic mass is 10.1. The average Bonchev–Trinajstić information content (AvgIpc) is 3.36. The molecule has 1 aliphatic rings. The van der Waals surface area contributed by atoms with Crippen LogP contribution in [0.25, 0.3) is 11.3 Å². The van der Waals surface area contributed by atoms with E-state index in [0.717, 1.165) is 24.8 Å². The number of nitrogens with zero attached hydrogens (tertiary/aromatic N) is 3. The molecule has 2 heterocycles. The number of carbonyl (C=O) groups is 1. The monoisotopic (exact) mass is 323 g/mol. The minimum Gasteiger partial charge on any atom is -0.457 e. The number of benzene rings is 1. The molecule has 1 fully saturated rings. The third-order valence-electron chi connectivity index (χ3n) is 4.38. The van der Waals surface area contributed by atoms with Crippen molar-refractivity contribution in [2.24, 2.45) is 0 Å². The van der Waals surface area contributed by atoms with Gasteiger partial charge < -0.3 is 9.15 Å². The lowest BCUT2D eigenvalue weighted by Crippen LogP contribution is -2.25. The zero-order chi connectivity index (χ0) is 16.4. The van der Waals surface area contributed by atoms with Crippen LogP contribution in [0.3, 0.4) is 0 Å². The summed E-state index contributed by atoms with van der Waals surface area (Å²) in [7, 11) is 0. The van der Waals surface area contributed by atoms with Crippen LogP contribution in [-0.2, 0) is 4.74 Å². The van der Waals surface area contributed by atoms with Crippen LogP contribution < -0.4 is 0 Å². The van der Waals surface area contributed by atoms with Gasteiger partial charge in [-0.2, -0.15) is 5.10 Å². The predicted molar refractivity (Wildman–Crippen MR) is 86.3 cm³/mol. The van der Waals surface area contributed by atoms with Gasteiger partial charge in [0.1, 0.15) is 6.10 Å². The molecule has 4 rings (SSSR count). The second kappa shape index (κ2) is 6.31. The molecule has 6 nitrogen and oxygen atoms in total. The van der Waals surface area contributed by atoms with Gasteiger partial charge in [-0.25, -0.2) is 9.78 Å². The molecule has 0 saturated heterocycles. The Hall–Kier alpha value is -2.89. The van der Waals surface area contributed by atoms with Crippen LogP contribution in [0.15, 0.2) is 59.7 Å². The number of carbonyl (C=O) groups excluding carboxylic acids is 1. The van der Waals surface area contributed by atoms with E-state index in [1.165, 1.54) is 6.39 Å². The Morgan fingerprint density at radius 1 is 1.25 bits per heavy atom. The van der Waals surface area contributed by atoms with Gasteiger partial charge in [-0.05, 0) is 37.5 Å². The number of hydrogen-bond acceptors (Lipinski definition) is 5. The topological polar surface area (TPSA) is 70.2 Å².